The number of imidazole rings is 2. The van der Waals surface area contributed by atoms with Crippen LogP contribution in [0.1, 0.15) is 88.2 Å². The molecule has 2 aliphatic rings. The van der Waals surface area contributed by atoms with E-state index in [0.29, 0.717) is 13.1 Å². The van der Waals surface area contributed by atoms with Crippen molar-refractivity contribution in [2.45, 2.75) is 84.0 Å². The lowest BCUT2D eigenvalue weighted by molar-refractivity contribution is -0.188. The third-order valence-corrected chi connectivity index (χ3v) is 10.4. The van der Waals surface area contributed by atoms with Crippen LogP contribution in [0.2, 0.25) is 0 Å². The van der Waals surface area contributed by atoms with Crippen LogP contribution in [0.3, 0.4) is 0 Å². The number of methoxy groups -OCH3 is 1. The molecule has 0 aliphatic carbocycles. The fourth-order valence-corrected chi connectivity index (χ4v) is 7.44. The zero-order valence-corrected chi connectivity index (χ0v) is 32.5. The molecule has 4 aromatic rings. The second kappa shape index (κ2) is 17.8. The quantitative estimate of drug-likeness (QED) is 0.0565. The van der Waals surface area contributed by atoms with E-state index >= 15 is 0 Å². The maximum absolute atomic E-state index is 13.5. The average Bonchev–Trinajstić information content (AvgIpc) is 4.01. The number of nitrogens with one attached hydrogen (secondary N) is 3. The molecule has 2 aromatic carbocycles. The summed E-state index contributed by atoms with van der Waals surface area (Å²) in [6.07, 6.45) is 10.8. The maximum Gasteiger partial charge on any atom is 0.407 e. The van der Waals surface area contributed by atoms with E-state index in [1.807, 2.05) is 55.8 Å². The van der Waals surface area contributed by atoms with Gasteiger partial charge in [-0.3, -0.25) is 9.59 Å². The molecule has 0 unspecified atom stereocenters. The summed E-state index contributed by atoms with van der Waals surface area (Å²) in [6, 6.07) is 12.9. The second-order valence-corrected chi connectivity index (χ2v) is 14.8. The zero-order chi connectivity index (χ0) is 39.1. The normalized spacial score (nSPS) is 18.6. The molecular formula is C41H52N8O6. The van der Waals surface area contributed by atoms with E-state index in [0.717, 1.165) is 71.6 Å². The van der Waals surface area contributed by atoms with Crippen molar-refractivity contribution in [3.8, 4) is 11.3 Å². The van der Waals surface area contributed by atoms with Crippen molar-refractivity contribution in [3.63, 3.8) is 0 Å². The summed E-state index contributed by atoms with van der Waals surface area (Å²) >= 11 is 0. The van der Waals surface area contributed by atoms with Crippen LogP contribution in [-0.2, 0) is 30.5 Å². The van der Waals surface area contributed by atoms with Crippen LogP contribution in [0, 0.1) is 11.8 Å². The summed E-state index contributed by atoms with van der Waals surface area (Å²) in [5, 5.41) is 2.70. The van der Waals surface area contributed by atoms with Crippen LogP contribution in [0.4, 0.5) is 4.79 Å². The van der Waals surface area contributed by atoms with Crippen LogP contribution in [0.25, 0.3) is 28.4 Å². The number of rotatable bonds is 14. The van der Waals surface area contributed by atoms with Gasteiger partial charge in [-0.2, -0.15) is 4.89 Å². The summed E-state index contributed by atoms with van der Waals surface area (Å²) in [6.45, 7) is 9.00. The van der Waals surface area contributed by atoms with Gasteiger partial charge in [-0.15, -0.1) is 0 Å². The fourth-order valence-electron chi connectivity index (χ4n) is 7.44. The average molecular weight is 753 g/mol. The van der Waals surface area contributed by atoms with Gasteiger partial charge < -0.3 is 34.7 Å². The number of H-pyrrole nitrogens is 2. The Kier molecular flexibility index (Phi) is 12.7. The molecule has 55 heavy (non-hydrogen) atoms. The molecule has 0 bridgehead atoms. The number of likely N-dealkylation sites (tertiary alicyclic amines) is 2. The van der Waals surface area contributed by atoms with Gasteiger partial charge in [0.25, 0.3) is 0 Å². The number of carbonyl (C=O) groups excluding carboxylic acids is 3. The largest absolute Gasteiger partial charge is 0.453 e. The molecule has 3 N–H and O–H groups in total. The smallest absolute Gasteiger partial charge is 0.407 e. The number of fused-ring (bicyclic) bond motifs is 1. The van der Waals surface area contributed by atoms with Crippen molar-refractivity contribution in [2.24, 2.45) is 16.8 Å². The van der Waals surface area contributed by atoms with E-state index in [2.05, 4.69) is 72.6 Å². The Bertz CT molecular complexity index is 2000. The molecule has 292 valence electrons. The van der Waals surface area contributed by atoms with Gasteiger partial charge in [-0.25, -0.2) is 19.8 Å². The minimum Gasteiger partial charge on any atom is -0.453 e. The van der Waals surface area contributed by atoms with E-state index in [1.54, 1.807) is 0 Å². The Morgan fingerprint density at radius 2 is 1.64 bits per heavy atom. The molecule has 14 nitrogen and oxygen atoms in total. The van der Waals surface area contributed by atoms with E-state index in [1.165, 1.54) is 26.2 Å². The summed E-state index contributed by atoms with van der Waals surface area (Å²) in [5.41, 5.74) is 5.88. The summed E-state index contributed by atoms with van der Waals surface area (Å²) in [7, 11) is 2.69. The maximum atomic E-state index is 13.5. The van der Waals surface area contributed by atoms with Gasteiger partial charge in [0, 0.05) is 13.1 Å². The molecule has 3 amide bonds. The summed E-state index contributed by atoms with van der Waals surface area (Å²) in [5.74, 6) is 1.25. The number of benzene rings is 2. The minimum atomic E-state index is -0.678. The molecule has 4 atom stereocenters. The van der Waals surface area contributed by atoms with Gasteiger partial charge >= 0.3 is 6.09 Å². The molecule has 2 saturated heterocycles. The zero-order valence-electron chi connectivity index (χ0n) is 32.5. The van der Waals surface area contributed by atoms with Crippen molar-refractivity contribution in [2.75, 3.05) is 27.3 Å². The number of aromatic nitrogens is 4. The molecule has 0 spiro atoms. The second-order valence-electron chi connectivity index (χ2n) is 14.8. The molecule has 2 aliphatic heterocycles. The first-order valence-electron chi connectivity index (χ1n) is 19.0. The van der Waals surface area contributed by atoms with Crippen molar-refractivity contribution < 1.29 is 28.9 Å². The van der Waals surface area contributed by atoms with Crippen molar-refractivity contribution in [1.29, 1.82) is 0 Å². The number of hydrogen-bond acceptors (Lipinski definition) is 9. The summed E-state index contributed by atoms with van der Waals surface area (Å²) < 4.78 is 4.76. The van der Waals surface area contributed by atoms with E-state index in [-0.39, 0.29) is 35.7 Å². The number of aliphatic imine (C=N–C) groups is 1. The first-order valence-corrected chi connectivity index (χ1v) is 19.0. The van der Waals surface area contributed by atoms with Crippen LogP contribution in [-0.4, -0.2) is 93.4 Å². The van der Waals surface area contributed by atoms with E-state index < -0.39 is 18.2 Å². The van der Waals surface area contributed by atoms with Crippen molar-refractivity contribution in [3.05, 3.63) is 77.5 Å². The lowest BCUT2D eigenvalue weighted by atomic mass is 10.0. The number of nitrogens with zero attached hydrogens (tertiary/aromatic N) is 5. The standard InChI is InChI=1S/C41H52N8O6/c1-25(2)35(43-24-55-54-6)39(50)48-20-8-12-33(48)37-42-23-32(46-37)29-17-14-27(15-18-29)10-7-11-28-16-19-30-31(22-28)45-38(44-30)34-13-9-21-49(34)40(51)36(26(3)4)47-41(52)53-5/h7,11,14-19,22-26,33-36H,8-10,12-13,20-21H2,1-6H3,(H,42,46)(H,44,45)(H,47,52)/t33-,34-,35-,36-/m0/s1. The highest BCUT2D eigenvalue weighted by molar-refractivity contribution is 5.87. The monoisotopic (exact) mass is 752 g/mol. The van der Waals surface area contributed by atoms with Gasteiger partial charge in [-0.1, -0.05) is 70.2 Å². The van der Waals surface area contributed by atoms with Crippen LogP contribution < -0.4 is 5.32 Å². The molecule has 6 rings (SSSR count). The lowest BCUT2D eigenvalue weighted by Gasteiger charge is -2.29. The Morgan fingerprint density at radius 1 is 0.927 bits per heavy atom. The molecule has 4 heterocycles. The Balaban J connectivity index is 1.07. The number of alkyl carbamates (subject to hydrolysis) is 1. The minimum absolute atomic E-state index is 0.00385. The van der Waals surface area contributed by atoms with Crippen LogP contribution in [0.5, 0.6) is 0 Å². The Morgan fingerprint density at radius 3 is 2.31 bits per heavy atom. The van der Waals surface area contributed by atoms with Crippen molar-refractivity contribution >= 4 is 41.4 Å². The number of hydrogen-bond donors (Lipinski definition) is 3. The first kappa shape index (κ1) is 39.2. The Labute approximate surface area is 321 Å². The summed E-state index contributed by atoms with van der Waals surface area (Å²) in [4.78, 5) is 72.9. The molecule has 2 aromatic heterocycles. The Hall–Kier alpha value is -5.50. The lowest BCUT2D eigenvalue weighted by Crippen LogP contribution is -2.51. The van der Waals surface area contributed by atoms with Gasteiger partial charge in [0.1, 0.15) is 23.7 Å². The topological polar surface area (TPSA) is 167 Å². The predicted octanol–water partition coefficient (Wildman–Crippen LogP) is 6.55. The van der Waals surface area contributed by atoms with E-state index in [9.17, 15) is 14.4 Å². The van der Waals surface area contributed by atoms with E-state index in [4.69, 9.17) is 14.6 Å². The third kappa shape index (κ3) is 9.07. The number of amides is 3. The van der Waals surface area contributed by atoms with Gasteiger partial charge in [0.05, 0.1) is 49.2 Å². The number of ether oxygens (including phenoxy) is 1. The highest BCUT2D eigenvalue weighted by Gasteiger charge is 2.38. The van der Waals surface area contributed by atoms with Crippen LogP contribution in [0.15, 0.2) is 59.7 Å². The highest BCUT2D eigenvalue weighted by Crippen LogP contribution is 2.34. The third-order valence-electron chi connectivity index (χ3n) is 10.4. The molecule has 0 radical (unpaired) electrons. The molecule has 0 saturated carbocycles. The predicted molar refractivity (Wildman–Crippen MR) is 210 cm³/mol. The molecule has 2 fully saturated rings. The number of carbonyl (C=O) groups is 3. The van der Waals surface area contributed by atoms with Gasteiger partial charge in [0.2, 0.25) is 18.2 Å². The highest BCUT2D eigenvalue weighted by atomic mass is 17.2. The first-order chi connectivity index (χ1) is 26.6. The molecule has 14 heteroatoms. The van der Waals surface area contributed by atoms with Gasteiger partial charge in [0.15, 0.2) is 0 Å². The molecular weight excluding hydrogens is 701 g/mol. The number of aromatic amines is 2. The van der Waals surface area contributed by atoms with Crippen molar-refractivity contribution in [1.82, 2.24) is 35.1 Å². The fraction of sp³-hybridized carbons (Fsp3) is 0.463. The van der Waals surface area contributed by atoms with Gasteiger partial charge in [-0.05, 0) is 72.8 Å². The SMILES string of the molecule is COOC=N[C@H](C(=O)N1CCC[C@H]1c1ncc(-c2ccc(CC=Cc3ccc4nc([C@@H]5CCCN5C(=O)[C@@H](NC(=O)OC)C(C)C)[nH]c4c3)cc2)[nH]1)C(C)C. The number of allylic oxidation sites excluding steroid dienone is 1. The van der Waals surface area contributed by atoms with Crippen LogP contribution >= 0.6 is 0 Å².